The molecule has 1 atom stereocenters. The fourth-order valence-corrected chi connectivity index (χ4v) is 3.93. The first kappa shape index (κ1) is 22.7. The zero-order valence-corrected chi connectivity index (χ0v) is 18.8. The van der Waals surface area contributed by atoms with Crippen LogP contribution in [0.4, 0.5) is 0 Å². The molecule has 174 valence electrons. The van der Waals surface area contributed by atoms with Gasteiger partial charge in [-0.25, -0.2) is 0 Å². The summed E-state index contributed by atoms with van der Waals surface area (Å²) < 4.78 is 18.2. The van der Waals surface area contributed by atoms with Crippen molar-refractivity contribution < 1.29 is 19.0 Å². The van der Waals surface area contributed by atoms with Gasteiger partial charge in [-0.15, -0.1) is 5.10 Å². The average Bonchev–Trinajstić information content (AvgIpc) is 3.40. The van der Waals surface area contributed by atoms with Gasteiger partial charge in [0, 0.05) is 19.6 Å². The van der Waals surface area contributed by atoms with E-state index in [0.717, 1.165) is 18.7 Å². The first-order chi connectivity index (χ1) is 16.2. The van der Waals surface area contributed by atoms with Gasteiger partial charge < -0.3 is 19.5 Å². The average molecular weight is 453 g/mol. The molecular weight excluding hydrogens is 424 g/mol. The van der Waals surface area contributed by atoms with Crippen LogP contribution in [0.1, 0.15) is 28.9 Å². The Labute approximate surface area is 192 Å². The van der Waals surface area contributed by atoms with Gasteiger partial charge >= 0.3 is 0 Å². The monoisotopic (exact) mass is 452 g/mol. The summed E-state index contributed by atoms with van der Waals surface area (Å²) in [5.41, 5.74) is 2.15. The molecule has 1 aromatic heterocycles. The number of rotatable bonds is 9. The van der Waals surface area contributed by atoms with Crippen molar-refractivity contribution in [2.24, 2.45) is 0 Å². The van der Waals surface area contributed by atoms with Gasteiger partial charge in [0.25, 0.3) is 5.91 Å². The minimum absolute atomic E-state index is 0.0531. The molecule has 1 saturated heterocycles. The first-order valence-corrected chi connectivity index (χ1v) is 10.9. The predicted molar refractivity (Wildman–Crippen MR) is 121 cm³/mol. The number of ether oxygens (including phenoxy) is 3. The van der Waals surface area contributed by atoms with Gasteiger partial charge in [0.05, 0.1) is 44.2 Å². The normalized spacial score (nSPS) is 15.1. The number of hydrogen-bond donors (Lipinski definition) is 1. The number of benzene rings is 2. The van der Waals surface area contributed by atoms with Crippen molar-refractivity contribution in [3.63, 3.8) is 0 Å². The lowest BCUT2D eigenvalue weighted by atomic mass is 10.0. The number of aromatic nitrogens is 4. The molecule has 10 heteroatoms. The van der Waals surface area contributed by atoms with E-state index in [9.17, 15) is 4.79 Å². The molecule has 2 heterocycles. The van der Waals surface area contributed by atoms with Crippen LogP contribution in [0.2, 0.25) is 0 Å². The van der Waals surface area contributed by atoms with E-state index in [1.165, 1.54) is 11.0 Å². The second-order valence-corrected chi connectivity index (χ2v) is 7.49. The third kappa shape index (κ3) is 5.29. The van der Waals surface area contributed by atoms with Crippen LogP contribution in [-0.2, 0) is 4.74 Å². The largest absolute Gasteiger partial charge is 0.493 e. The number of tetrazole rings is 1. The van der Waals surface area contributed by atoms with Crippen LogP contribution < -0.4 is 14.8 Å². The second kappa shape index (κ2) is 10.9. The van der Waals surface area contributed by atoms with Gasteiger partial charge in [-0.1, -0.05) is 18.2 Å². The van der Waals surface area contributed by atoms with Crippen LogP contribution >= 0.6 is 0 Å². The maximum absolute atomic E-state index is 13.2. The van der Waals surface area contributed by atoms with E-state index in [4.69, 9.17) is 14.2 Å². The van der Waals surface area contributed by atoms with E-state index in [1.807, 2.05) is 43.3 Å². The van der Waals surface area contributed by atoms with Crippen molar-refractivity contribution in [3.05, 3.63) is 59.9 Å². The van der Waals surface area contributed by atoms with Crippen molar-refractivity contribution in [1.29, 1.82) is 0 Å². The molecule has 1 aliphatic heterocycles. The third-order valence-electron chi connectivity index (χ3n) is 5.56. The molecule has 33 heavy (non-hydrogen) atoms. The minimum Gasteiger partial charge on any atom is -0.493 e. The summed E-state index contributed by atoms with van der Waals surface area (Å²) in [6.45, 7) is 5.77. The summed E-state index contributed by atoms with van der Waals surface area (Å²) in [6, 6.07) is 13.1. The van der Waals surface area contributed by atoms with Crippen LogP contribution in [0.25, 0.3) is 5.69 Å². The SMILES string of the molecule is CCOc1ccc(C(CNC(=O)c2ccccc2-n2cnnn2)N2CCOCC2)cc1OC. The number of amides is 1. The Balaban J connectivity index is 1.57. The van der Waals surface area contributed by atoms with Gasteiger partial charge in [-0.3, -0.25) is 9.69 Å². The number of carbonyl (C=O) groups is 1. The fraction of sp³-hybridized carbons (Fsp3) is 0.391. The third-order valence-corrected chi connectivity index (χ3v) is 5.56. The Morgan fingerprint density at radius 2 is 2.00 bits per heavy atom. The number of nitrogens with one attached hydrogen (secondary N) is 1. The van der Waals surface area contributed by atoms with Gasteiger partial charge in [0.15, 0.2) is 11.5 Å². The maximum Gasteiger partial charge on any atom is 0.253 e. The Hall–Kier alpha value is -3.50. The second-order valence-electron chi connectivity index (χ2n) is 7.49. The lowest BCUT2D eigenvalue weighted by Crippen LogP contribution is -2.44. The zero-order valence-electron chi connectivity index (χ0n) is 18.8. The van der Waals surface area contributed by atoms with E-state index >= 15 is 0 Å². The molecule has 1 aliphatic rings. The molecule has 1 amide bonds. The number of nitrogens with zero attached hydrogens (tertiary/aromatic N) is 5. The highest BCUT2D eigenvalue weighted by molar-refractivity contribution is 5.97. The Bertz CT molecular complexity index is 1050. The lowest BCUT2D eigenvalue weighted by Gasteiger charge is -2.35. The fourth-order valence-electron chi connectivity index (χ4n) is 3.93. The highest BCUT2D eigenvalue weighted by Gasteiger charge is 2.25. The van der Waals surface area contributed by atoms with Crippen molar-refractivity contribution in [1.82, 2.24) is 30.4 Å². The molecule has 0 aliphatic carbocycles. The molecule has 4 rings (SSSR count). The van der Waals surface area contributed by atoms with Crippen molar-refractivity contribution in [2.75, 3.05) is 46.6 Å². The van der Waals surface area contributed by atoms with Crippen LogP contribution in [0, 0.1) is 0 Å². The summed E-state index contributed by atoms with van der Waals surface area (Å²) in [5, 5.41) is 14.4. The highest BCUT2D eigenvalue weighted by Crippen LogP contribution is 2.32. The molecule has 0 saturated carbocycles. The summed E-state index contributed by atoms with van der Waals surface area (Å²) in [7, 11) is 1.63. The van der Waals surface area contributed by atoms with E-state index < -0.39 is 0 Å². The molecule has 1 fully saturated rings. The number of hydrogen-bond acceptors (Lipinski definition) is 8. The molecular formula is C23H28N6O4. The van der Waals surface area contributed by atoms with Crippen LogP contribution in [0.5, 0.6) is 11.5 Å². The van der Waals surface area contributed by atoms with Crippen molar-refractivity contribution in [2.45, 2.75) is 13.0 Å². The molecule has 2 aromatic carbocycles. The number of morpholine rings is 1. The number of methoxy groups -OCH3 is 1. The number of carbonyl (C=O) groups excluding carboxylic acids is 1. The molecule has 1 N–H and O–H groups in total. The van der Waals surface area contributed by atoms with Gasteiger partial charge in [-0.05, 0) is 47.2 Å². The Kier molecular flexibility index (Phi) is 7.48. The van der Waals surface area contributed by atoms with Gasteiger partial charge in [-0.2, -0.15) is 4.68 Å². The Morgan fingerprint density at radius 1 is 1.18 bits per heavy atom. The molecule has 0 spiro atoms. The first-order valence-electron chi connectivity index (χ1n) is 10.9. The maximum atomic E-state index is 13.2. The van der Waals surface area contributed by atoms with Crippen LogP contribution in [0.3, 0.4) is 0 Å². The minimum atomic E-state index is -0.197. The van der Waals surface area contributed by atoms with E-state index in [0.29, 0.717) is 49.1 Å². The van der Waals surface area contributed by atoms with E-state index in [1.54, 1.807) is 13.2 Å². The molecule has 0 radical (unpaired) electrons. The molecule has 0 bridgehead atoms. The van der Waals surface area contributed by atoms with E-state index in [-0.39, 0.29) is 11.9 Å². The van der Waals surface area contributed by atoms with E-state index in [2.05, 4.69) is 25.7 Å². The van der Waals surface area contributed by atoms with Crippen LogP contribution in [0.15, 0.2) is 48.8 Å². The molecule has 1 unspecified atom stereocenters. The topological polar surface area (TPSA) is 104 Å². The summed E-state index contributed by atoms with van der Waals surface area (Å²) in [5.74, 6) is 1.17. The summed E-state index contributed by atoms with van der Waals surface area (Å²) in [6.07, 6.45) is 1.47. The van der Waals surface area contributed by atoms with Gasteiger partial charge in [0.1, 0.15) is 6.33 Å². The standard InChI is InChI=1S/C23H28N6O4/c1-3-33-21-9-8-17(14-22(21)31-2)20(28-10-12-32-13-11-28)15-24-23(30)18-6-4-5-7-19(18)29-16-25-26-27-29/h4-9,14,16,20H,3,10-13,15H2,1-2H3,(H,24,30). The smallest absolute Gasteiger partial charge is 0.253 e. The Morgan fingerprint density at radius 3 is 2.73 bits per heavy atom. The quantitative estimate of drug-likeness (QED) is 0.525. The van der Waals surface area contributed by atoms with Crippen molar-refractivity contribution >= 4 is 5.91 Å². The lowest BCUT2D eigenvalue weighted by molar-refractivity contribution is 0.0162. The predicted octanol–water partition coefficient (Wildman–Crippen LogP) is 1.87. The zero-order chi connectivity index (χ0) is 23.0. The summed E-state index contributed by atoms with van der Waals surface area (Å²) >= 11 is 0. The van der Waals surface area contributed by atoms with Crippen LogP contribution in [-0.4, -0.2) is 77.6 Å². The molecule has 3 aromatic rings. The van der Waals surface area contributed by atoms with Gasteiger partial charge in [0.2, 0.25) is 0 Å². The number of para-hydroxylation sites is 1. The highest BCUT2D eigenvalue weighted by atomic mass is 16.5. The molecule has 10 nitrogen and oxygen atoms in total. The van der Waals surface area contributed by atoms with Crippen molar-refractivity contribution in [3.8, 4) is 17.2 Å². The summed E-state index contributed by atoms with van der Waals surface area (Å²) in [4.78, 5) is 15.5.